The number of imidazole rings is 1. The van der Waals surface area contributed by atoms with Crippen LogP contribution in [-0.2, 0) is 21.8 Å². The summed E-state index contributed by atoms with van der Waals surface area (Å²) in [5.41, 5.74) is 0. The van der Waals surface area contributed by atoms with E-state index in [-0.39, 0.29) is 12.6 Å². The minimum Gasteiger partial charge on any atom is -0.383 e. The molecule has 0 aromatic carbocycles. The molecule has 1 aromatic heterocycles. The van der Waals surface area contributed by atoms with Crippen molar-refractivity contribution in [1.29, 1.82) is 0 Å². The summed E-state index contributed by atoms with van der Waals surface area (Å²) in [6.45, 7) is 3.55. The molecule has 7 nitrogen and oxygen atoms in total. The van der Waals surface area contributed by atoms with Crippen molar-refractivity contribution in [3.63, 3.8) is 0 Å². The van der Waals surface area contributed by atoms with Crippen molar-refractivity contribution in [1.82, 2.24) is 19.2 Å². The maximum Gasteiger partial charge on any atom is 0.219 e. The Morgan fingerprint density at radius 3 is 2.95 bits per heavy atom. The molecule has 8 heteroatoms. The third-order valence-electron chi connectivity index (χ3n) is 3.59. The van der Waals surface area contributed by atoms with Crippen LogP contribution in [0.3, 0.4) is 0 Å². The van der Waals surface area contributed by atoms with Crippen molar-refractivity contribution in [2.75, 3.05) is 33.4 Å². The van der Waals surface area contributed by atoms with Gasteiger partial charge in [-0.15, -0.1) is 0 Å². The highest BCUT2D eigenvalue weighted by atomic mass is 32.2. The van der Waals surface area contributed by atoms with E-state index < -0.39 is 15.3 Å². The van der Waals surface area contributed by atoms with Gasteiger partial charge in [-0.2, -0.15) is 4.31 Å². The Balaban J connectivity index is 2.30. The van der Waals surface area contributed by atoms with Crippen molar-refractivity contribution < 1.29 is 13.2 Å². The number of sulfonamides is 1. The second-order valence-corrected chi connectivity index (χ2v) is 7.34. The summed E-state index contributed by atoms with van der Waals surface area (Å²) in [6.07, 6.45) is 3.51. The molecule has 114 valence electrons. The van der Waals surface area contributed by atoms with Crippen molar-refractivity contribution in [2.24, 2.45) is 7.05 Å². The molecule has 0 bridgehead atoms. The number of aryl methyl sites for hydroxylation is 1. The van der Waals surface area contributed by atoms with E-state index >= 15 is 0 Å². The lowest BCUT2D eigenvalue weighted by Gasteiger charge is -2.36. The molecule has 1 N–H and O–H groups in total. The average molecular weight is 302 g/mol. The number of hydrogen-bond acceptors (Lipinski definition) is 5. The minimum absolute atomic E-state index is 0.194. The minimum atomic E-state index is -3.40. The van der Waals surface area contributed by atoms with E-state index in [1.54, 1.807) is 17.4 Å². The molecule has 1 aliphatic heterocycles. The SMILES string of the molecule is COCC(C)S(=O)(=O)N1CCNCC1c1nccn1C. The van der Waals surface area contributed by atoms with Gasteiger partial charge in [-0.3, -0.25) is 0 Å². The van der Waals surface area contributed by atoms with E-state index in [0.717, 1.165) is 5.82 Å². The Hall–Kier alpha value is -0.960. The van der Waals surface area contributed by atoms with Gasteiger partial charge in [0.25, 0.3) is 0 Å². The molecular formula is C12H22N4O3S. The predicted octanol–water partition coefficient (Wildman–Crippen LogP) is -0.269. The smallest absolute Gasteiger partial charge is 0.219 e. The number of methoxy groups -OCH3 is 1. The Labute approximate surface area is 120 Å². The lowest BCUT2D eigenvalue weighted by Crippen LogP contribution is -2.52. The monoisotopic (exact) mass is 302 g/mol. The molecule has 2 atom stereocenters. The molecule has 2 unspecified atom stereocenters. The molecule has 0 saturated carbocycles. The first-order chi connectivity index (χ1) is 9.48. The summed E-state index contributed by atoms with van der Waals surface area (Å²) in [5.74, 6) is 0.755. The summed E-state index contributed by atoms with van der Waals surface area (Å²) in [5, 5.41) is 2.67. The van der Waals surface area contributed by atoms with Crippen LogP contribution in [0.5, 0.6) is 0 Å². The molecule has 1 fully saturated rings. The Kier molecular flexibility index (Phi) is 4.79. The predicted molar refractivity (Wildman–Crippen MR) is 75.8 cm³/mol. The number of rotatable bonds is 5. The topological polar surface area (TPSA) is 76.5 Å². The van der Waals surface area contributed by atoms with E-state index in [4.69, 9.17) is 4.74 Å². The summed E-state index contributed by atoms with van der Waals surface area (Å²) in [4.78, 5) is 4.29. The molecule has 1 aliphatic rings. The lowest BCUT2D eigenvalue weighted by atomic mass is 10.2. The van der Waals surface area contributed by atoms with Crippen LogP contribution in [0.1, 0.15) is 18.8 Å². The second-order valence-electron chi connectivity index (χ2n) is 5.04. The Morgan fingerprint density at radius 2 is 2.35 bits per heavy atom. The normalized spacial score (nSPS) is 22.9. The Bertz CT molecular complexity index is 543. The first-order valence-corrected chi connectivity index (χ1v) is 8.16. The first kappa shape index (κ1) is 15.4. The molecule has 20 heavy (non-hydrogen) atoms. The number of aromatic nitrogens is 2. The fourth-order valence-electron chi connectivity index (χ4n) is 2.46. The van der Waals surface area contributed by atoms with Gasteiger partial charge in [-0.25, -0.2) is 13.4 Å². The van der Waals surface area contributed by atoms with Gasteiger partial charge in [0.2, 0.25) is 10.0 Å². The highest BCUT2D eigenvalue weighted by molar-refractivity contribution is 7.89. The lowest BCUT2D eigenvalue weighted by molar-refractivity contribution is 0.193. The number of nitrogens with one attached hydrogen (secondary N) is 1. The van der Waals surface area contributed by atoms with Gasteiger partial charge >= 0.3 is 0 Å². The molecule has 1 aromatic rings. The van der Waals surface area contributed by atoms with Gasteiger partial charge in [0.1, 0.15) is 5.82 Å². The van der Waals surface area contributed by atoms with Gasteiger partial charge in [0.05, 0.1) is 17.9 Å². The maximum absolute atomic E-state index is 12.7. The van der Waals surface area contributed by atoms with E-state index in [2.05, 4.69) is 10.3 Å². The molecule has 0 amide bonds. The van der Waals surface area contributed by atoms with Crippen molar-refractivity contribution in [2.45, 2.75) is 18.2 Å². The van der Waals surface area contributed by atoms with Crippen LogP contribution >= 0.6 is 0 Å². The quantitative estimate of drug-likeness (QED) is 0.810. The molecule has 0 aliphatic carbocycles. The highest BCUT2D eigenvalue weighted by Gasteiger charge is 2.38. The summed E-state index contributed by atoms with van der Waals surface area (Å²) in [6, 6.07) is -0.270. The number of hydrogen-bond donors (Lipinski definition) is 1. The highest BCUT2D eigenvalue weighted by Crippen LogP contribution is 2.25. The summed E-state index contributed by atoms with van der Waals surface area (Å²) in [7, 11) is -0.0119. The van der Waals surface area contributed by atoms with Crippen LogP contribution < -0.4 is 5.32 Å². The van der Waals surface area contributed by atoms with Crippen LogP contribution in [0.2, 0.25) is 0 Å². The van der Waals surface area contributed by atoms with E-state index in [9.17, 15) is 8.42 Å². The van der Waals surface area contributed by atoms with Crippen molar-refractivity contribution in [3.05, 3.63) is 18.2 Å². The summed E-state index contributed by atoms with van der Waals surface area (Å²) < 4.78 is 33.7. The Morgan fingerprint density at radius 1 is 1.60 bits per heavy atom. The fourth-order valence-corrected chi connectivity index (χ4v) is 4.10. The maximum atomic E-state index is 12.7. The largest absolute Gasteiger partial charge is 0.383 e. The molecule has 0 radical (unpaired) electrons. The third-order valence-corrected chi connectivity index (χ3v) is 5.83. The van der Waals surface area contributed by atoms with Crippen LogP contribution in [0.15, 0.2) is 12.4 Å². The number of piperazine rings is 1. The second kappa shape index (κ2) is 6.21. The molecule has 2 heterocycles. The zero-order chi connectivity index (χ0) is 14.8. The van der Waals surface area contributed by atoms with E-state index in [0.29, 0.717) is 19.6 Å². The van der Waals surface area contributed by atoms with Crippen molar-refractivity contribution >= 4 is 10.0 Å². The molecule has 1 saturated heterocycles. The zero-order valence-electron chi connectivity index (χ0n) is 12.1. The zero-order valence-corrected chi connectivity index (χ0v) is 12.9. The molecule has 0 spiro atoms. The van der Waals surface area contributed by atoms with Crippen LogP contribution in [0, 0.1) is 0 Å². The van der Waals surface area contributed by atoms with Crippen LogP contribution in [-0.4, -0.2) is 60.9 Å². The van der Waals surface area contributed by atoms with Gasteiger partial charge in [0, 0.05) is 46.2 Å². The van der Waals surface area contributed by atoms with Crippen LogP contribution in [0.4, 0.5) is 0 Å². The third kappa shape index (κ3) is 2.88. The van der Waals surface area contributed by atoms with Crippen molar-refractivity contribution in [3.8, 4) is 0 Å². The molecule has 2 rings (SSSR count). The van der Waals surface area contributed by atoms with E-state index in [1.807, 2.05) is 17.8 Å². The van der Waals surface area contributed by atoms with Gasteiger partial charge in [-0.1, -0.05) is 0 Å². The average Bonchev–Trinajstić information content (AvgIpc) is 2.85. The summed E-state index contributed by atoms with van der Waals surface area (Å²) >= 11 is 0. The first-order valence-electron chi connectivity index (χ1n) is 6.66. The standard InChI is InChI=1S/C12H22N4O3S/c1-10(9-19-3)20(17,18)16-7-4-13-8-11(16)12-14-5-6-15(12)2/h5-6,10-11,13H,4,7-9H2,1-3H3. The van der Waals surface area contributed by atoms with Gasteiger partial charge in [0.15, 0.2) is 0 Å². The molecular weight excluding hydrogens is 280 g/mol. The van der Waals surface area contributed by atoms with Gasteiger partial charge < -0.3 is 14.6 Å². The number of ether oxygens (including phenoxy) is 1. The van der Waals surface area contributed by atoms with Crippen LogP contribution in [0.25, 0.3) is 0 Å². The number of nitrogens with zero attached hydrogens (tertiary/aromatic N) is 3. The van der Waals surface area contributed by atoms with Gasteiger partial charge in [-0.05, 0) is 6.92 Å². The fraction of sp³-hybridized carbons (Fsp3) is 0.750. The van der Waals surface area contributed by atoms with E-state index in [1.165, 1.54) is 7.11 Å².